The van der Waals surface area contributed by atoms with Crippen molar-refractivity contribution in [2.75, 3.05) is 18.0 Å². The second-order valence-corrected chi connectivity index (χ2v) is 7.45. The Labute approximate surface area is 131 Å². The summed E-state index contributed by atoms with van der Waals surface area (Å²) >= 11 is 1.34. The summed E-state index contributed by atoms with van der Waals surface area (Å²) in [6, 6.07) is 0. The number of piperidine rings is 1. The van der Waals surface area contributed by atoms with Crippen LogP contribution in [-0.4, -0.2) is 29.1 Å². The molecule has 0 radical (unpaired) electrons. The lowest BCUT2D eigenvalue weighted by molar-refractivity contribution is 0.0700. The first-order chi connectivity index (χ1) is 9.90. The molecular weight excluding hydrogens is 284 g/mol. The van der Waals surface area contributed by atoms with Gasteiger partial charge in [-0.3, -0.25) is 0 Å². The molecule has 0 bridgehead atoms. The molecule has 2 rings (SSSR count). The topological polar surface area (TPSA) is 53.4 Å². The average molecular weight is 310 g/mol. The van der Waals surface area contributed by atoms with E-state index in [0.29, 0.717) is 10.3 Å². The first-order valence-corrected chi connectivity index (χ1v) is 8.70. The summed E-state index contributed by atoms with van der Waals surface area (Å²) in [5.74, 6) is -0.642. The second kappa shape index (κ2) is 6.34. The van der Waals surface area contributed by atoms with E-state index in [0.717, 1.165) is 43.2 Å². The normalized spacial score (nSPS) is 19.5. The standard InChI is InChI=1S/C16H26N2O2S/c1-5-11(3)12-13(14(19)20)21-15(17-12)18-9-7-16(4,6-2)8-10-18/h11H,5-10H2,1-4H3,(H,19,20). The van der Waals surface area contributed by atoms with Crippen molar-refractivity contribution in [2.45, 2.75) is 59.3 Å². The van der Waals surface area contributed by atoms with Crippen LogP contribution in [0.2, 0.25) is 0 Å². The first kappa shape index (κ1) is 16.3. The largest absolute Gasteiger partial charge is 0.477 e. The van der Waals surface area contributed by atoms with Gasteiger partial charge in [0.1, 0.15) is 4.88 Å². The highest BCUT2D eigenvalue weighted by Crippen LogP contribution is 2.38. The summed E-state index contributed by atoms with van der Waals surface area (Å²) in [4.78, 5) is 18.8. The molecule has 0 saturated carbocycles. The Hall–Kier alpha value is -1.10. The fraction of sp³-hybridized carbons (Fsp3) is 0.750. The number of aromatic carboxylic acids is 1. The summed E-state index contributed by atoms with van der Waals surface area (Å²) in [5.41, 5.74) is 1.19. The Balaban J connectivity index is 2.20. The molecule has 0 spiro atoms. The smallest absolute Gasteiger partial charge is 0.347 e. The summed E-state index contributed by atoms with van der Waals surface area (Å²) in [5, 5.41) is 10.3. The highest BCUT2D eigenvalue weighted by atomic mass is 32.1. The van der Waals surface area contributed by atoms with Gasteiger partial charge < -0.3 is 10.0 Å². The van der Waals surface area contributed by atoms with Crippen molar-refractivity contribution < 1.29 is 9.90 Å². The molecule has 1 fully saturated rings. The Morgan fingerprint density at radius 3 is 2.52 bits per heavy atom. The molecule has 1 saturated heterocycles. The van der Waals surface area contributed by atoms with E-state index in [2.05, 4.69) is 37.6 Å². The van der Waals surface area contributed by atoms with E-state index >= 15 is 0 Å². The zero-order valence-corrected chi connectivity index (χ0v) is 14.3. The van der Waals surface area contributed by atoms with Crippen LogP contribution in [0.5, 0.6) is 0 Å². The molecule has 0 aromatic carbocycles. The number of carboxylic acids is 1. The van der Waals surface area contributed by atoms with Gasteiger partial charge in [0.25, 0.3) is 0 Å². The van der Waals surface area contributed by atoms with Gasteiger partial charge in [0.05, 0.1) is 5.69 Å². The maximum absolute atomic E-state index is 11.4. The molecule has 4 nitrogen and oxygen atoms in total. The number of nitrogens with zero attached hydrogens (tertiary/aromatic N) is 2. The summed E-state index contributed by atoms with van der Waals surface area (Å²) in [7, 11) is 0. The SMILES string of the molecule is CCC(C)c1nc(N2CCC(C)(CC)CC2)sc1C(=O)O. The molecule has 1 atom stereocenters. The van der Waals surface area contributed by atoms with Crippen molar-refractivity contribution in [3.63, 3.8) is 0 Å². The van der Waals surface area contributed by atoms with Crippen LogP contribution < -0.4 is 4.90 Å². The maximum atomic E-state index is 11.4. The van der Waals surface area contributed by atoms with Crippen LogP contribution in [0.3, 0.4) is 0 Å². The molecule has 0 amide bonds. The molecule has 1 aliphatic heterocycles. The Bertz CT molecular complexity index is 504. The molecule has 5 heteroatoms. The lowest BCUT2D eigenvalue weighted by Gasteiger charge is -2.38. The predicted octanol–water partition coefficient (Wildman–Crippen LogP) is 4.37. The molecule has 21 heavy (non-hydrogen) atoms. The molecule has 1 aromatic rings. The van der Waals surface area contributed by atoms with E-state index in [1.165, 1.54) is 17.8 Å². The van der Waals surface area contributed by atoms with Gasteiger partial charge >= 0.3 is 5.97 Å². The minimum Gasteiger partial charge on any atom is -0.477 e. The van der Waals surface area contributed by atoms with Crippen LogP contribution in [0.1, 0.15) is 74.7 Å². The fourth-order valence-corrected chi connectivity index (χ4v) is 3.80. The van der Waals surface area contributed by atoms with Gasteiger partial charge in [0, 0.05) is 13.1 Å². The van der Waals surface area contributed by atoms with Gasteiger partial charge in [-0.15, -0.1) is 0 Å². The number of thiazole rings is 1. The van der Waals surface area contributed by atoms with E-state index in [1.54, 1.807) is 0 Å². The molecule has 0 aliphatic carbocycles. The summed E-state index contributed by atoms with van der Waals surface area (Å²) in [6.07, 6.45) is 4.43. The second-order valence-electron chi connectivity index (χ2n) is 6.48. The molecule has 1 aromatic heterocycles. The molecular formula is C16H26N2O2S. The Morgan fingerprint density at radius 2 is 2.05 bits per heavy atom. The van der Waals surface area contributed by atoms with Crippen LogP contribution in [-0.2, 0) is 0 Å². The third-order valence-electron chi connectivity index (χ3n) is 5.01. The number of hydrogen-bond donors (Lipinski definition) is 1. The molecule has 1 N–H and O–H groups in total. The molecule has 118 valence electrons. The summed E-state index contributed by atoms with van der Waals surface area (Å²) in [6.45, 7) is 10.7. The minimum atomic E-state index is -0.843. The predicted molar refractivity (Wildman–Crippen MR) is 87.6 cm³/mol. The molecule has 1 aliphatic rings. The monoisotopic (exact) mass is 310 g/mol. The first-order valence-electron chi connectivity index (χ1n) is 7.89. The number of rotatable bonds is 5. The Morgan fingerprint density at radius 1 is 1.43 bits per heavy atom. The Kier molecular flexibility index (Phi) is 4.91. The van der Waals surface area contributed by atoms with Gasteiger partial charge in [-0.1, -0.05) is 45.5 Å². The van der Waals surface area contributed by atoms with Crippen LogP contribution in [0.25, 0.3) is 0 Å². The van der Waals surface area contributed by atoms with E-state index in [1.807, 2.05) is 0 Å². The van der Waals surface area contributed by atoms with Crippen LogP contribution in [0, 0.1) is 5.41 Å². The highest BCUT2D eigenvalue weighted by Gasteiger charge is 2.31. The van der Waals surface area contributed by atoms with Gasteiger partial charge in [-0.05, 0) is 30.6 Å². The molecule has 2 heterocycles. The quantitative estimate of drug-likeness (QED) is 0.877. The van der Waals surface area contributed by atoms with Gasteiger partial charge in [-0.25, -0.2) is 9.78 Å². The number of carboxylic acid groups (broad SMARTS) is 1. The third kappa shape index (κ3) is 3.39. The van der Waals surface area contributed by atoms with Gasteiger partial charge in [0.2, 0.25) is 0 Å². The van der Waals surface area contributed by atoms with Crippen molar-refractivity contribution in [1.29, 1.82) is 0 Å². The van der Waals surface area contributed by atoms with Gasteiger partial charge in [-0.2, -0.15) is 0 Å². The van der Waals surface area contributed by atoms with Crippen molar-refractivity contribution in [3.8, 4) is 0 Å². The van der Waals surface area contributed by atoms with Crippen LogP contribution >= 0.6 is 11.3 Å². The van der Waals surface area contributed by atoms with Crippen molar-refractivity contribution in [2.24, 2.45) is 5.41 Å². The van der Waals surface area contributed by atoms with Crippen molar-refractivity contribution in [1.82, 2.24) is 4.98 Å². The van der Waals surface area contributed by atoms with Gasteiger partial charge in [0.15, 0.2) is 5.13 Å². The summed E-state index contributed by atoms with van der Waals surface area (Å²) < 4.78 is 0. The van der Waals surface area contributed by atoms with E-state index in [9.17, 15) is 9.90 Å². The zero-order chi connectivity index (χ0) is 15.6. The zero-order valence-electron chi connectivity index (χ0n) is 13.5. The molecule has 1 unspecified atom stereocenters. The number of aromatic nitrogens is 1. The maximum Gasteiger partial charge on any atom is 0.347 e. The fourth-order valence-electron chi connectivity index (χ4n) is 2.73. The van der Waals surface area contributed by atoms with Crippen molar-refractivity contribution in [3.05, 3.63) is 10.6 Å². The van der Waals surface area contributed by atoms with Crippen molar-refractivity contribution >= 4 is 22.4 Å². The number of anilines is 1. The lowest BCUT2D eigenvalue weighted by Crippen LogP contribution is -2.38. The van der Waals surface area contributed by atoms with E-state index in [4.69, 9.17) is 0 Å². The highest BCUT2D eigenvalue weighted by molar-refractivity contribution is 7.17. The number of hydrogen-bond acceptors (Lipinski definition) is 4. The number of carbonyl (C=O) groups is 1. The average Bonchev–Trinajstić information content (AvgIpc) is 2.92. The lowest BCUT2D eigenvalue weighted by atomic mass is 9.78. The third-order valence-corrected chi connectivity index (χ3v) is 6.13. The minimum absolute atomic E-state index is 0.201. The van der Waals surface area contributed by atoms with E-state index < -0.39 is 5.97 Å². The van der Waals surface area contributed by atoms with Crippen LogP contribution in [0.4, 0.5) is 5.13 Å². The van der Waals surface area contributed by atoms with E-state index in [-0.39, 0.29) is 5.92 Å². The van der Waals surface area contributed by atoms with Crippen LogP contribution in [0.15, 0.2) is 0 Å².